The second-order valence-corrected chi connectivity index (χ2v) is 4.13. The number of benzene rings is 1. The first-order valence-electron chi connectivity index (χ1n) is 5.82. The number of halogens is 4. The molecule has 0 aliphatic heterocycles. The molecule has 0 amide bonds. The fourth-order valence-corrected chi connectivity index (χ4v) is 1.66. The minimum atomic E-state index is -4.87. The molecule has 0 bridgehead atoms. The SMILES string of the molecule is N#C/C(=N\c1ccc(F)c(C(F)(F)F)c1)c1ccncc1O. The number of aromatic nitrogens is 1. The van der Waals surface area contributed by atoms with Crippen molar-refractivity contribution in [2.24, 2.45) is 4.99 Å². The van der Waals surface area contributed by atoms with Gasteiger partial charge in [-0.25, -0.2) is 9.38 Å². The average molecular weight is 309 g/mol. The molecule has 1 aromatic heterocycles. The lowest BCUT2D eigenvalue weighted by atomic mass is 10.1. The number of hydrogen-bond donors (Lipinski definition) is 1. The largest absolute Gasteiger partial charge is 0.506 e. The van der Waals surface area contributed by atoms with Crippen molar-refractivity contribution in [3.05, 3.63) is 53.6 Å². The molecule has 0 spiro atoms. The molecule has 0 atom stereocenters. The molecule has 22 heavy (non-hydrogen) atoms. The fourth-order valence-electron chi connectivity index (χ4n) is 1.66. The van der Waals surface area contributed by atoms with Crippen LogP contribution in [0.3, 0.4) is 0 Å². The van der Waals surface area contributed by atoms with Crippen LogP contribution < -0.4 is 0 Å². The Kier molecular flexibility index (Phi) is 4.08. The van der Waals surface area contributed by atoms with Gasteiger partial charge in [0.2, 0.25) is 0 Å². The van der Waals surface area contributed by atoms with Crippen LogP contribution in [-0.4, -0.2) is 15.8 Å². The summed E-state index contributed by atoms with van der Waals surface area (Å²) in [4.78, 5) is 7.34. The van der Waals surface area contributed by atoms with E-state index in [-0.39, 0.29) is 22.7 Å². The lowest BCUT2D eigenvalue weighted by molar-refractivity contribution is -0.139. The zero-order valence-corrected chi connectivity index (χ0v) is 10.8. The standard InChI is InChI=1S/C14H7F4N3O/c15-11-2-1-8(5-10(11)14(16,17)18)21-12(6-19)9-3-4-20-7-13(9)22/h1-5,7,22H/b21-12+. The maximum atomic E-state index is 13.2. The van der Waals surface area contributed by atoms with E-state index in [1.165, 1.54) is 12.3 Å². The molecule has 0 saturated heterocycles. The number of pyridine rings is 1. The monoisotopic (exact) mass is 309 g/mol. The summed E-state index contributed by atoms with van der Waals surface area (Å²) in [5.41, 5.74) is -2.05. The number of alkyl halides is 3. The molecule has 0 saturated carbocycles. The highest BCUT2D eigenvalue weighted by Gasteiger charge is 2.34. The summed E-state index contributed by atoms with van der Waals surface area (Å²) < 4.78 is 51.1. The predicted octanol–water partition coefficient (Wildman–Crippen LogP) is 3.59. The van der Waals surface area contributed by atoms with E-state index in [9.17, 15) is 22.7 Å². The van der Waals surface area contributed by atoms with Crippen LogP contribution in [-0.2, 0) is 6.18 Å². The summed E-state index contributed by atoms with van der Waals surface area (Å²) in [6, 6.07) is 5.06. The average Bonchev–Trinajstić information content (AvgIpc) is 2.46. The second-order valence-electron chi connectivity index (χ2n) is 4.13. The predicted molar refractivity (Wildman–Crippen MR) is 69.1 cm³/mol. The zero-order chi connectivity index (χ0) is 16.3. The van der Waals surface area contributed by atoms with Gasteiger partial charge in [0.05, 0.1) is 23.0 Å². The normalized spacial score (nSPS) is 12.0. The van der Waals surface area contributed by atoms with E-state index in [2.05, 4.69) is 9.98 Å². The molecule has 1 heterocycles. The van der Waals surface area contributed by atoms with Crippen LogP contribution in [0.2, 0.25) is 0 Å². The summed E-state index contributed by atoms with van der Waals surface area (Å²) in [5.74, 6) is -1.78. The Morgan fingerprint density at radius 2 is 2.00 bits per heavy atom. The Bertz CT molecular complexity index is 778. The molecule has 1 aromatic carbocycles. The maximum absolute atomic E-state index is 13.2. The summed E-state index contributed by atoms with van der Waals surface area (Å²) in [6.45, 7) is 0. The Morgan fingerprint density at radius 3 is 2.59 bits per heavy atom. The molecule has 0 radical (unpaired) electrons. The van der Waals surface area contributed by atoms with Gasteiger partial charge in [0.1, 0.15) is 17.6 Å². The van der Waals surface area contributed by atoms with Gasteiger partial charge in [-0.3, -0.25) is 4.98 Å². The number of aliphatic imine (C=N–C) groups is 1. The molecule has 0 unspecified atom stereocenters. The van der Waals surface area contributed by atoms with Gasteiger partial charge < -0.3 is 5.11 Å². The van der Waals surface area contributed by atoms with Crippen LogP contribution in [0.1, 0.15) is 11.1 Å². The highest BCUT2D eigenvalue weighted by atomic mass is 19.4. The van der Waals surface area contributed by atoms with Crippen LogP contribution >= 0.6 is 0 Å². The molecule has 112 valence electrons. The molecule has 0 aliphatic rings. The highest BCUT2D eigenvalue weighted by molar-refractivity contribution is 6.14. The summed E-state index contributed by atoms with van der Waals surface area (Å²) in [7, 11) is 0. The van der Waals surface area contributed by atoms with Crippen LogP contribution in [0.4, 0.5) is 23.2 Å². The van der Waals surface area contributed by atoms with Gasteiger partial charge >= 0.3 is 6.18 Å². The van der Waals surface area contributed by atoms with Crippen molar-refractivity contribution < 1.29 is 22.7 Å². The first kappa shape index (κ1) is 15.4. The Morgan fingerprint density at radius 1 is 1.27 bits per heavy atom. The number of hydrogen-bond acceptors (Lipinski definition) is 4. The first-order valence-corrected chi connectivity index (χ1v) is 5.82. The van der Waals surface area contributed by atoms with Crippen molar-refractivity contribution in [2.45, 2.75) is 6.18 Å². The number of rotatable bonds is 2. The van der Waals surface area contributed by atoms with Crippen LogP contribution in [0.5, 0.6) is 5.75 Å². The molecule has 2 rings (SSSR count). The van der Waals surface area contributed by atoms with Crippen LogP contribution in [0.15, 0.2) is 41.7 Å². The van der Waals surface area contributed by atoms with E-state index >= 15 is 0 Å². The smallest absolute Gasteiger partial charge is 0.419 e. The van der Waals surface area contributed by atoms with Crippen molar-refractivity contribution in [3.63, 3.8) is 0 Å². The Hall–Kier alpha value is -2.95. The van der Waals surface area contributed by atoms with Crippen molar-refractivity contribution in [1.29, 1.82) is 5.26 Å². The molecule has 4 nitrogen and oxygen atoms in total. The third-order valence-electron chi connectivity index (χ3n) is 2.66. The van der Waals surface area contributed by atoms with Gasteiger partial charge in [-0.1, -0.05) is 0 Å². The summed E-state index contributed by atoms with van der Waals surface area (Å²) in [5, 5.41) is 18.6. The molecular formula is C14H7F4N3O. The van der Waals surface area contributed by atoms with E-state index in [4.69, 9.17) is 5.26 Å². The fraction of sp³-hybridized carbons (Fsp3) is 0.0714. The van der Waals surface area contributed by atoms with E-state index in [0.29, 0.717) is 12.1 Å². The molecule has 0 aliphatic carbocycles. The number of nitriles is 1. The zero-order valence-electron chi connectivity index (χ0n) is 10.8. The van der Waals surface area contributed by atoms with Crippen LogP contribution in [0.25, 0.3) is 0 Å². The van der Waals surface area contributed by atoms with E-state index in [1.807, 2.05) is 0 Å². The first-order chi connectivity index (χ1) is 10.3. The van der Waals surface area contributed by atoms with E-state index in [1.54, 1.807) is 6.07 Å². The minimum Gasteiger partial charge on any atom is -0.506 e. The topological polar surface area (TPSA) is 69.3 Å². The molecule has 0 fully saturated rings. The molecule has 1 N–H and O–H groups in total. The Labute approximate surface area is 122 Å². The molecule has 8 heteroatoms. The lowest BCUT2D eigenvalue weighted by Crippen LogP contribution is -2.07. The van der Waals surface area contributed by atoms with E-state index in [0.717, 1.165) is 12.3 Å². The van der Waals surface area contributed by atoms with Crippen molar-refractivity contribution in [2.75, 3.05) is 0 Å². The van der Waals surface area contributed by atoms with Crippen molar-refractivity contribution in [3.8, 4) is 11.8 Å². The highest BCUT2D eigenvalue weighted by Crippen LogP contribution is 2.34. The molecular weight excluding hydrogens is 302 g/mol. The minimum absolute atomic E-state index is 0.00961. The van der Waals surface area contributed by atoms with Gasteiger partial charge in [0, 0.05) is 6.20 Å². The Balaban J connectivity index is 2.53. The van der Waals surface area contributed by atoms with Crippen molar-refractivity contribution in [1.82, 2.24) is 4.98 Å². The van der Waals surface area contributed by atoms with Crippen molar-refractivity contribution >= 4 is 11.4 Å². The van der Waals surface area contributed by atoms with Gasteiger partial charge in [-0.2, -0.15) is 18.4 Å². The van der Waals surface area contributed by atoms with Gasteiger partial charge in [0.25, 0.3) is 0 Å². The quantitative estimate of drug-likeness (QED) is 0.681. The second kappa shape index (κ2) is 5.81. The summed E-state index contributed by atoms with van der Waals surface area (Å²) >= 11 is 0. The maximum Gasteiger partial charge on any atom is 0.419 e. The van der Waals surface area contributed by atoms with Gasteiger partial charge in [-0.05, 0) is 24.3 Å². The molecule has 2 aromatic rings. The van der Waals surface area contributed by atoms with Gasteiger partial charge in [0.15, 0.2) is 5.71 Å². The number of nitrogens with zero attached hydrogens (tertiary/aromatic N) is 3. The number of aromatic hydroxyl groups is 1. The third-order valence-corrected chi connectivity index (χ3v) is 2.66. The third kappa shape index (κ3) is 3.20. The van der Waals surface area contributed by atoms with Gasteiger partial charge in [-0.15, -0.1) is 0 Å². The van der Waals surface area contributed by atoms with Crippen LogP contribution in [0, 0.1) is 17.1 Å². The summed E-state index contributed by atoms with van der Waals surface area (Å²) in [6.07, 6.45) is -2.52. The lowest BCUT2D eigenvalue weighted by Gasteiger charge is -2.08. The van der Waals surface area contributed by atoms with E-state index < -0.39 is 17.6 Å².